The molecule has 0 radical (unpaired) electrons. The van der Waals surface area contributed by atoms with Gasteiger partial charge in [-0.15, -0.1) is 0 Å². The molecule has 3 aromatic heterocycles. The molecule has 15 rings (SSSR count). The normalized spacial score (nSPS) is 16.2. The molecule has 1 unspecified atom stereocenters. The number of aliphatic hydroxyl groups is 1. The molecule has 6 aliphatic rings. The highest BCUT2D eigenvalue weighted by atomic mass is 35.5. The number of aromatic nitrogens is 3. The molecule has 4 aliphatic carbocycles. The Morgan fingerprint density at radius 3 is 1.10 bits per heavy atom. The van der Waals surface area contributed by atoms with Gasteiger partial charge in [-0.1, -0.05) is 201 Å². The Hall–Kier alpha value is -7.69. The highest BCUT2D eigenvalue weighted by molar-refractivity contribution is 6.68. The molecule has 1 amide bonds. The predicted octanol–water partition coefficient (Wildman–Crippen LogP) is 25.1. The van der Waals surface area contributed by atoms with Gasteiger partial charge in [-0.05, 0) is 196 Å². The number of aromatic carboxylic acids is 1. The average Bonchev–Trinajstić information content (AvgIpc) is 1.11. The lowest BCUT2D eigenvalue weighted by Crippen LogP contribution is -2.49. The number of fused-ring (bicyclic) bond motifs is 2. The average molecular weight is 1880 g/mol. The molecule has 118 heavy (non-hydrogen) atoms. The molecule has 4 saturated carbocycles. The minimum atomic E-state index is -1.07. The summed E-state index contributed by atoms with van der Waals surface area (Å²) in [5, 5.41) is 57.4. The SMILES string of the molecule is CC(C)(C)OC(=O)N1[C@@H]2CC[C@H]1CC(O)C2.CCOC(=O)CC(=O)C1CC1.CCOC(=O)c1c(-c2c(Cl)cccc2Cl)noc1C1CC1.O/N=C/c1c(Cl)cccc1Cl.O/N=C/c1c(Cl)cccc1Cl.O=C(Cl)c1c(-c2c(Cl)cccc2Cl)noc1C1CC1.O=C(O)c1c(-c2c(Cl)cccc2Cl)noc1C1CC1.O=Cc1c(Cl)cccc1Cl. The summed E-state index contributed by atoms with van der Waals surface area (Å²) >= 11 is 76.6. The number of piperidine rings is 1. The largest absolute Gasteiger partial charge is 0.477 e. The maximum Gasteiger partial charge on any atom is 0.410 e. The first kappa shape index (κ1) is 95.8. The number of esters is 2. The Kier molecular flexibility index (Phi) is 36.7. The van der Waals surface area contributed by atoms with Crippen LogP contribution in [0.15, 0.2) is 133 Å². The van der Waals surface area contributed by atoms with Crippen molar-refractivity contribution in [2.75, 3.05) is 13.2 Å². The minimum absolute atomic E-state index is 0.0293. The molecule has 36 heteroatoms. The number of benzene rings is 6. The van der Waals surface area contributed by atoms with Gasteiger partial charge in [-0.25, -0.2) is 14.4 Å². The van der Waals surface area contributed by atoms with Gasteiger partial charge in [0.15, 0.2) is 23.6 Å². The molecule has 6 aromatic carbocycles. The van der Waals surface area contributed by atoms with E-state index in [0.717, 1.165) is 64.2 Å². The lowest BCUT2D eigenvalue weighted by Gasteiger charge is -2.37. The smallest absolute Gasteiger partial charge is 0.410 e. The van der Waals surface area contributed by atoms with Crippen LogP contribution >= 0.6 is 151 Å². The van der Waals surface area contributed by atoms with E-state index in [-0.39, 0.29) is 89.6 Å². The fourth-order valence-electron chi connectivity index (χ4n) is 11.9. The van der Waals surface area contributed by atoms with Crippen molar-refractivity contribution >= 4 is 205 Å². The van der Waals surface area contributed by atoms with Crippen molar-refractivity contribution in [1.29, 1.82) is 0 Å². The molecule has 4 N–H and O–H groups in total. The highest BCUT2D eigenvalue weighted by Crippen LogP contribution is 2.50. The number of rotatable bonds is 17. The van der Waals surface area contributed by atoms with Crippen LogP contribution in [0.4, 0.5) is 4.79 Å². The number of ether oxygens (including phenoxy) is 3. The Morgan fingerprint density at radius 1 is 0.483 bits per heavy atom. The summed E-state index contributed by atoms with van der Waals surface area (Å²) in [4.78, 5) is 81.2. The number of hydrogen-bond donors (Lipinski definition) is 4. The van der Waals surface area contributed by atoms with Crippen LogP contribution in [0.2, 0.25) is 60.3 Å². The summed E-state index contributed by atoms with van der Waals surface area (Å²) in [5.41, 5.74) is 3.90. The molecule has 3 atom stereocenters. The summed E-state index contributed by atoms with van der Waals surface area (Å²) in [6, 6.07) is 30.6. The van der Waals surface area contributed by atoms with Gasteiger partial charge in [-0.3, -0.25) is 19.2 Å². The van der Waals surface area contributed by atoms with Crippen LogP contribution in [0.5, 0.6) is 0 Å². The number of carbonyl (C=O) groups excluding carboxylic acids is 6. The molecule has 2 bridgehead atoms. The van der Waals surface area contributed by atoms with E-state index in [4.69, 9.17) is 184 Å². The summed E-state index contributed by atoms with van der Waals surface area (Å²) in [5.74, 6) is 0.415. The van der Waals surface area contributed by atoms with Gasteiger partial charge in [0, 0.05) is 63.6 Å². The van der Waals surface area contributed by atoms with E-state index in [1.165, 1.54) is 12.4 Å². The zero-order valence-corrected chi connectivity index (χ0v) is 73.3. The Balaban J connectivity index is 0.000000171. The maximum absolute atomic E-state index is 12.3. The van der Waals surface area contributed by atoms with Gasteiger partial charge in [-0.2, -0.15) is 0 Å². The highest BCUT2D eigenvalue weighted by Gasteiger charge is 2.45. The summed E-state index contributed by atoms with van der Waals surface area (Å²) in [7, 11) is 0. The van der Waals surface area contributed by atoms with Gasteiger partial charge in [0.1, 0.15) is 51.6 Å². The molecule has 5 heterocycles. The third kappa shape index (κ3) is 26.9. The summed E-state index contributed by atoms with van der Waals surface area (Å²) < 4.78 is 31.0. The van der Waals surface area contributed by atoms with Crippen LogP contribution in [-0.4, -0.2) is 132 Å². The number of carboxylic acid groups (broad SMARTS) is 1. The van der Waals surface area contributed by atoms with Crippen LogP contribution < -0.4 is 0 Å². The van der Waals surface area contributed by atoms with Gasteiger partial charge in [0.25, 0.3) is 5.24 Å². The Bertz CT molecular complexity index is 4800. The standard InChI is InChI=1S/C15H13Cl2NO3.C13H8Cl3NO2.C13H9Cl2NO3.C12H21NO3.C8H12O3.2C7H5Cl2NO.C7H4Cl2O/c1-2-20-15(19)12-13(18-21-14(12)8-6-7-8)11-9(16)4-3-5-10(11)17;14-7-2-1-3-8(15)9(7)11-10(13(16)18)12(19-17-11)6-4-5-6;14-7-2-1-3-8(15)9(7)11-10(13(17)18)12(19-16-11)6-4-5-6;1-12(2,3)16-11(15)13-8-4-5-9(13)7-10(14)6-8;1-2-11-8(10)5-7(9)6-3-4-6;2*8-6-2-1-3-7(9)5(6)4-10-11;8-6-2-1-3-7(9)5(6)4-10/h3-5,8H,2,6-7H2,1H3;1-3,6H,4-5H2;1-3,6H,4-5H2,(H,17,18);8-10,14H,4-7H2,1-3H3;6H,2-5H2,1H3;2*1-4,11H;1-4H/b;;;;;2*10-4+;/t;;;8-,9+,10?;;;;. The molecule has 23 nitrogen and oxygen atoms in total. The number of oxime groups is 2. The maximum atomic E-state index is 12.3. The summed E-state index contributed by atoms with van der Waals surface area (Å²) in [6.45, 7) is 9.77. The van der Waals surface area contributed by atoms with Gasteiger partial charge in [0.05, 0.1) is 97.6 Å². The predicted molar refractivity (Wildman–Crippen MR) is 458 cm³/mol. The van der Waals surface area contributed by atoms with Crippen LogP contribution in [0.25, 0.3) is 33.8 Å². The molecule has 0 spiro atoms. The number of hydrogen-bond acceptors (Lipinski definition) is 21. The number of amides is 1. The van der Waals surface area contributed by atoms with Crippen molar-refractivity contribution in [2.24, 2.45) is 16.2 Å². The number of aliphatic hydroxyl groups excluding tert-OH is 1. The molecule has 628 valence electrons. The fourth-order valence-corrected chi connectivity index (χ4v) is 15.3. The number of Topliss-reactive ketones (excluding diaryl/α,β-unsaturated/α-hetero) is 1. The number of ketones is 1. The van der Waals surface area contributed by atoms with Crippen molar-refractivity contribution < 1.29 is 82.0 Å². The third-order valence-electron chi connectivity index (χ3n) is 17.9. The topological polar surface area (TPSA) is 334 Å². The van der Waals surface area contributed by atoms with Crippen molar-refractivity contribution in [1.82, 2.24) is 20.4 Å². The lowest BCUT2D eigenvalue weighted by molar-refractivity contribution is -0.145. The molecular formula is C82H77Cl13N6O17. The first-order valence-electron chi connectivity index (χ1n) is 36.6. The van der Waals surface area contributed by atoms with E-state index in [2.05, 4.69) is 30.5 Å². The van der Waals surface area contributed by atoms with Crippen LogP contribution in [0.3, 0.4) is 0 Å². The number of carbonyl (C=O) groups is 7. The van der Waals surface area contributed by atoms with Crippen molar-refractivity contribution in [2.45, 2.75) is 160 Å². The summed E-state index contributed by atoms with van der Waals surface area (Å²) in [6.07, 6.45) is 13.6. The molecule has 2 aliphatic heterocycles. The van der Waals surface area contributed by atoms with E-state index >= 15 is 0 Å². The van der Waals surface area contributed by atoms with Gasteiger partial charge < -0.3 is 53.3 Å². The number of aldehydes is 1. The number of carboxylic acids is 1. The van der Waals surface area contributed by atoms with E-state index in [0.29, 0.717) is 154 Å². The van der Waals surface area contributed by atoms with Gasteiger partial charge in [0.2, 0.25) is 0 Å². The monoisotopic (exact) mass is 1870 g/mol. The molecule has 2 saturated heterocycles. The Morgan fingerprint density at radius 2 is 0.805 bits per heavy atom. The van der Waals surface area contributed by atoms with Crippen LogP contribution in [-0.2, 0) is 23.8 Å². The van der Waals surface area contributed by atoms with Crippen molar-refractivity contribution in [3.63, 3.8) is 0 Å². The van der Waals surface area contributed by atoms with E-state index in [1.54, 1.807) is 123 Å². The van der Waals surface area contributed by atoms with Crippen molar-refractivity contribution in [3.8, 4) is 33.8 Å². The third-order valence-corrected chi connectivity index (χ3v) is 22.0. The van der Waals surface area contributed by atoms with E-state index < -0.39 is 22.8 Å². The zero-order valence-electron chi connectivity index (χ0n) is 63.5. The van der Waals surface area contributed by atoms with Crippen LogP contribution in [0, 0.1) is 5.92 Å². The Labute approximate surface area is 743 Å². The lowest BCUT2D eigenvalue weighted by atomic mass is 10.0. The van der Waals surface area contributed by atoms with E-state index in [1.807, 2.05) is 25.7 Å². The van der Waals surface area contributed by atoms with Crippen molar-refractivity contribution in [3.05, 3.63) is 220 Å². The quantitative estimate of drug-likeness (QED) is 0.00961. The molecular weight excluding hydrogens is 1800 g/mol. The van der Waals surface area contributed by atoms with Crippen LogP contribution in [0.1, 0.15) is 206 Å². The van der Waals surface area contributed by atoms with Gasteiger partial charge >= 0.3 is 24.0 Å². The number of nitrogens with zero attached hydrogens (tertiary/aromatic N) is 6. The first-order chi connectivity index (χ1) is 56.2. The molecule has 6 fully saturated rings. The first-order valence-corrected chi connectivity index (χ1v) is 41.5. The second-order valence-corrected chi connectivity index (χ2v) is 33.1. The number of halogens is 13. The minimum Gasteiger partial charge on any atom is -0.477 e. The fraction of sp³-hybridized carbons (Fsp3) is 0.341. The zero-order chi connectivity index (χ0) is 86.4. The second-order valence-electron chi connectivity index (χ2n) is 27.9. The second kappa shape index (κ2) is 45.3. The van der Waals surface area contributed by atoms with E-state index in [9.17, 15) is 43.8 Å². The molecule has 9 aromatic rings.